The molecule has 1 fully saturated rings. The number of benzene rings is 2. The third-order valence-corrected chi connectivity index (χ3v) is 14.0. The highest BCUT2D eigenvalue weighted by molar-refractivity contribution is 6.99. The molecule has 0 amide bonds. The summed E-state index contributed by atoms with van der Waals surface area (Å²) in [6.45, 7) is 7.07. The highest BCUT2D eigenvalue weighted by atomic mass is 28.4. The molecule has 1 unspecified atom stereocenters. The number of rotatable bonds is 6. The lowest BCUT2D eigenvalue weighted by Crippen LogP contribution is -2.66. The zero-order valence-electron chi connectivity index (χ0n) is 22.1. The first kappa shape index (κ1) is 25.4. The fraction of sp³-hybridized carbons (Fsp3) is 0.419. The number of carbonyl (C=O) groups excluding carboxylic acids is 2. The van der Waals surface area contributed by atoms with Crippen LogP contribution in [0.25, 0.3) is 0 Å². The van der Waals surface area contributed by atoms with Gasteiger partial charge in [0.2, 0.25) is 0 Å². The zero-order valence-corrected chi connectivity index (χ0v) is 23.1. The molecule has 7 heteroatoms. The molecule has 6 rings (SSSR count). The first-order chi connectivity index (χ1) is 18.2. The van der Waals surface area contributed by atoms with Crippen molar-refractivity contribution in [1.82, 2.24) is 0 Å². The van der Waals surface area contributed by atoms with Gasteiger partial charge < -0.3 is 19.0 Å². The maximum Gasteiger partial charge on any atom is 0.342 e. The molecule has 0 radical (unpaired) electrons. The maximum atomic E-state index is 12.8. The highest BCUT2D eigenvalue weighted by Gasteiger charge is 2.61. The molecule has 4 aliphatic rings. The lowest BCUT2D eigenvalue weighted by Gasteiger charge is -2.44. The number of ether oxygens (including phenoxy) is 2. The van der Waals surface area contributed by atoms with Gasteiger partial charge in [0, 0.05) is 18.1 Å². The predicted octanol–water partition coefficient (Wildman–Crippen LogP) is 3.78. The van der Waals surface area contributed by atoms with E-state index in [2.05, 4.69) is 75.4 Å². The Morgan fingerprint density at radius 2 is 1.63 bits per heavy atom. The lowest BCUT2D eigenvalue weighted by molar-refractivity contribution is -0.152. The number of allylic oxidation sites excluding steroid dienone is 1. The van der Waals surface area contributed by atoms with E-state index in [1.165, 1.54) is 10.4 Å². The van der Waals surface area contributed by atoms with Gasteiger partial charge >= 0.3 is 11.9 Å². The molecule has 1 saturated heterocycles. The van der Waals surface area contributed by atoms with Crippen molar-refractivity contribution in [3.63, 3.8) is 0 Å². The van der Waals surface area contributed by atoms with Crippen LogP contribution in [0.3, 0.4) is 0 Å². The minimum atomic E-state index is -2.78. The van der Waals surface area contributed by atoms with Crippen LogP contribution in [0.2, 0.25) is 5.04 Å². The van der Waals surface area contributed by atoms with Gasteiger partial charge in [-0.1, -0.05) is 87.5 Å². The minimum Gasteiger partial charge on any atom is -0.407 e. The van der Waals surface area contributed by atoms with E-state index >= 15 is 0 Å². The summed E-state index contributed by atoms with van der Waals surface area (Å²) in [5.74, 6) is -1.40. The molecule has 6 nitrogen and oxygen atoms in total. The first-order valence-electron chi connectivity index (χ1n) is 13.5. The Balaban J connectivity index is 1.40. The van der Waals surface area contributed by atoms with Gasteiger partial charge in [0.05, 0.1) is 17.1 Å². The van der Waals surface area contributed by atoms with Crippen LogP contribution in [0.15, 0.2) is 83.5 Å². The SMILES string of the molecule is CC(C)(C)[Si](OCC[C@]12CC3=C(C(=O)OC3=O)[C@H]3CCC=C1[C@@H]3OC2O)(c1ccccc1)c1ccccc1. The van der Waals surface area contributed by atoms with Crippen molar-refractivity contribution in [2.45, 2.75) is 63.9 Å². The number of fused-ring (bicyclic) bond motifs is 1. The Bertz CT molecular complexity index is 1290. The predicted molar refractivity (Wildman–Crippen MR) is 145 cm³/mol. The molecule has 0 aromatic heterocycles. The summed E-state index contributed by atoms with van der Waals surface area (Å²) in [5, 5.41) is 13.5. The van der Waals surface area contributed by atoms with Crippen LogP contribution in [-0.2, 0) is 23.5 Å². The summed E-state index contributed by atoms with van der Waals surface area (Å²) in [6, 6.07) is 20.9. The first-order valence-corrected chi connectivity index (χ1v) is 15.4. The van der Waals surface area contributed by atoms with Crippen LogP contribution in [0, 0.1) is 11.3 Å². The van der Waals surface area contributed by atoms with Gasteiger partial charge in [0.1, 0.15) is 0 Å². The largest absolute Gasteiger partial charge is 0.407 e. The van der Waals surface area contributed by atoms with E-state index < -0.39 is 38.1 Å². The normalized spacial score (nSPS) is 28.6. The Morgan fingerprint density at radius 3 is 2.24 bits per heavy atom. The van der Waals surface area contributed by atoms with Crippen LogP contribution in [-0.4, -0.2) is 44.4 Å². The molecule has 2 aliphatic carbocycles. The fourth-order valence-electron chi connectivity index (χ4n) is 7.25. The van der Waals surface area contributed by atoms with Gasteiger partial charge in [0.15, 0.2) is 6.29 Å². The van der Waals surface area contributed by atoms with Gasteiger partial charge in [-0.15, -0.1) is 0 Å². The molecule has 198 valence electrons. The Morgan fingerprint density at radius 1 is 1.00 bits per heavy atom. The van der Waals surface area contributed by atoms with Gasteiger partial charge in [-0.3, -0.25) is 0 Å². The van der Waals surface area contributed by atoms with Crippen molar-refractivity contribution in [2.75, 3.05) is 6.61 Å². The molecule has 0 spiro atoms. The minimum absolute atomic E-state index is 0.184. The van der Waals surface area contributed by atoms with Crippen molar-refractivity contribution in [2.24, 2.45) is 11.3 Å². The second-order valence-corrected chi connectivity index (χ2v) is 16.2. The number of hydrogen-bond donors (Lipinski definition) is 1. The van der Waals surface area contributed by atoms with Gasteiger partial charge in [-0.2, -0.15) is 0 Å². The third-order valence-electron chi connectivity index (χ3n) is 8.96. The smallest absolute Gasteiger partial charge is 0.342 e. The van der Waals surface area contributed by atoms with E-state index in [0.29, 0.717) is 30.6 Å². The second-order valence-electron chi connectivity index (χ2n) is 11.9. The Kier molecular flexibility index (Phi) is 6.11. The summed E-state index contributed by atoms with van der Waals surface area (Å²) < 4.78 is 18.3. The Labute approximate surface area is 224 Å². The van der Waals surface area contributed by atoms with E-state index in [4.69, 9.17) is 13.9 Å². The summed E-state index contributed by atoms with van der Waals surface area (Å²) >= 11 is 0. The van der Waals surface area contributed by atoms with Gasteiger partial charge in [-0.25, -0.2) is 9.59 Å². The van der Waals surface area contributed by atoms with E-state index in [9.17, 15) is 14.7 Å². The number of aliphatic hydroxyl groups excluding tert-OH is 1. The van der Waals surface area contributed by atoms with Crippen molar-refractivity contribution in [1.29, 1.82) is 0 Å². The quantitative estimate of drug-likeness (QED) is 0.265. The van der Waals surface area contributed by atoms with E-state index in [0.717, 1.165) is 12.0 Å². The third kappa shape index (κ3) is 3.63. The zero-order chi connectivity index (χ0) is 26.7. The van der Waals surface area contributed by atoms with Crippen molar-refractivity contribution in [3.05, 3.63) is 83.5 Å². The van der Waals surface area contributed by atoms with E-state index in [1.54, 1.807) is 0 Å². The summed E-state index contributed by atoms with van der Waals surface area (Å²) in [5.41, 5.74) is 1.02. The number of carbonyl (C=O) groups is 2. The monoisotopic (exact) mass is 530 g/mol. The molecule has 4 atom stereocenters. The topological polar surface area (TPSA) is 82.1 Å². The van der Waals surface area contributed by atoms with Crippen molar-refractivity contribution in [3.8, 4) is 0 Å². The van der Waals surface area contributed by atoms with Crippen molar-refractivity contribution >= 4 is 30.6 Å². The number of esters is 2. The van der Waals surface area contributed by atoms with Crippen LogP contribution in [0.1, 0.15) is 46.5 Å². The van der Waals surface area contributed by atoms with Gasteiger partial charge in [-0.05, 0) is 46.7 Å². The van der Waals surface area contributed by atoms with Crippen LogP contribution >= 0.6 is 0 Å². The molecular formula is C31H34O6Si. The molecule has 38 heavy (non-hydrogen) atoms. The average Bonchev–Trinajstić information content (AvgIpc) is 3.31. The molecule has 0 saturated carbocycles. The molecule has 4 bridgehead atoms. The number of cyclic esters (lactones) is 2. The summed E-state index contributed by atoms with van der Waals surface area (Å²) in [6.07, 6.45) is 2.79. The van der Waals surface area contributed by atoms with Crippen LogP contribution in [0.5, 0.6) is 0 Å². The maximum absolute atomic E-state index is 12.8. The second kappa shape index (κ2) is 9.12. The standard InChI is InChI=1S/C31H34O6Si/c1-30(2,3)38(20-11-6-4-7-12-20,21-13-8-5-9-14-21)35-18-17-31-19-23-25(28(33)37-27(23)32)22-15-10-16-24(31)26(22)36-29(31)34/h4-9,11-14,16,22,26,29,34H,10,15,17-19H2,1-3H3/t22-,26-,29?,31+/m1/s1. The molecule has 2 aromatic rings. The van der Waals surface area contributed by atoms with E-state index in [-0.39, 0.29) is 17.4 Å². The van der Waals surface area contributed by atoms with Crippen molar-refractivity contribution < 1.29 is 28.6 Å². The fourth-order valence-corrected chi connectivity index (χ4v) is 11.8. The summed E-state index contributed by atoms with van der Waals surface area (Å²) in [7, 11) is -2.78. The molecule has 1 N–H and O–H groups in total. The van der Waals surface area contributed by atoms with Crippen LogP contribution < -0.4 is 10.4 Å². The molecule has 2 aliphatic heterocycles. The van der Waals surface area contributed by atoms with E-state index in [1.807, 2.05) is 12.1 Å². The van der Waals surface area contributed by atoms with Crippen LogP contribution in [0.4, 0.5) is 0 Å². The number of aliphatic hydroxyl groups is 1. The molecular weight excluding hydrogens is 496 g/mol. The summed E-state index contributed by atoms with van der Waals surface area (Å²) in [4.78, 5) is 25.4. The number of hydrogen-bond acceptors (Lipinski definition) is 6. The Hall–Kier alpha value is -2.84. The van der Waals surface area contributed by atoms with Gasteiger partial charge in [0.25, 0.3) is 8.32 Å². The highest BCUT2D eigenvalue weighted by Crippen LogP contribution is 2.58. The lowest BCUT2D eigenvalue weighted by atomic mass is 9.70. The average molecular weight is 531 g/mol. The molecule has 2 heterocycles. The molecule has 2 aromatic carbocycles.